The molecule has 1 fully saturated rings. The van der Waals surface area contributed by atoms with Crippen molar-refractivity contribution in [3.05, 3.63) is 42.0 Å². The number of hydrogen-bond acceptors (Lipinski definition) is 0. The van der Waals surface area contributed by atoms with Gasteiger partial charge in [0.2, 0.25) is 0 Å². The number of rotatable bonds is 6. The van der Waals surface area contributed by atoms with E-state index in [2.05, 4.69) is 37.8 Å². The summed E-state index contributed by atoms with van der Waals surface area (Å²) in [7, 11) is 0. The van der Waals surface area contributed by atoms with Crippen LogP contribution >= 0.6 is 0 Å². The van der Waals surface area contributed by atoms with Crippen LogP contribution in [0.15, 0.2) is 30.8 Å². The van der Waals surface area contributed by atoms with Crippen LogP contribution in [0.5, 0.6) is 0 Å². The smallest absolute Gasteiger partial charge is 0.0228 e. The fourth-order valence-corrected chi connectivity index (χ4v) is 3.24. The van der Waals surface area contributed by atoms with Crippen molar-refractivity contribution in [3.63, 3.8) is 0 Å². The molecule has 0 spiro atoms. The predicted octanol–water partition coefficient (Wildman–Crippen LogP) is 6.01. The minimum absolute atomic E-state index is 0.983. The summed E-state index contributed by atoms with van der Waals surface area (Å²) in [5.41, 5.74) is 4.14. The van der Waals surface area contributed by atoms with Crippen LogP contribution in [-0.2, 0) is 6.42 Å². The maximum Gasteiger partial charge on any atom is -0.0228 e. The zero-order valence-corrected chi connectivity index (χ0v) is 12.5. The summed E-state index contributed by atoms with van der Waals surface area (Å²) in [5, 5.41) is 0. The van der Waals surface area contributed by atoms with E-state index in [0.29, 0.717) is 0 Å². The van der Waals surface area contributed by atoms with Gasteiger partial charge >= 0.3 is 0 Å². The lowest BCUT2D eigenvalue weighted by Gasteiger charge is -2.21. The van der Waals surface area contributed by atoms with Crippen LogP contribution in [-0.4, -0.2) is 0 Å². The first kappa shape index (κ1) is 14.4. The number of hydrogen-bond donors (Lipinski definition) is 0. The van der Waals surface area contributed by atoms with E-state index >= 15 is 0 Å². The fourth-order valence-electron chi connectivity index (χ4n) is 3.24. The molecular formula is C19H28. The van der Waals surface area contributed by atoms with Gasteiger partial charge in [-0.25, -0.2) is 0 Å². The summed E-state index contributed by atoms with van der Waals surface area (Å²) in [6, 6.07) is 9.06. The molecule has 0 heteroatoms. The third kappa shape index (κ3) is 4.53. The standard InChI is InChI=1S/C19H28/c1-3-8-16(2)19-12-7-11-18(15-19)14-13-17-9-5-4-6-10-17/h7,11-12,15,17H,2-6,8-10,13-14H2,1H3. The molecule has 0 aromatic heterocycles. The number of allylic oxidation sites excluding steroid dienone is 1. The summed E-state index contributed by atoms with van der Waals surface area (Å²) in [5.74, 6) is 0.983. The zero-order chi connectivity index (χ0) is 13.5. The Balaban J connectivity index is 1.89. The van der Waals surface area contributed by atoms with Crippen LogP contribution in [0.25, 0.3) is 5.57 Å². The van der Waals surface area contributed by atoms with Gasteiger partial charge in [0.05, 0.1) is 0 Å². The van der Waals surface area contributed by atoms with Crippen molar-refractivity contribution >= 4 is 5.57 Å². The lowest BCUT2D eigenvalue weighted by molar-refractivity contribution is 0.339. The quantitative estimate of drug-likeness (QED) is 0.584. The highest BCUT2D eigenvalue weighted by Gasteiger charge is 2.13. The van der Waals surface area contributed by atoms with Crippen molar-refractivity contribution in [3.8, 4) is 0 Å². The van der Waals surface area contributed by atoms with Crippen molar-refractivity contribution < 1.29 is 0 Å². The van der Waals surface area contributed by atoms with Gasteiger partial charge < -0.3 is 0 Å². The normalized spacial score (nSPS) is 16.5. The monoisotopic (exact) mass is 256 g/mol. The first-order chi connectivity index (χ1) is 9.29. The third-order valence-electron chi connectivity index (χ3n) is 4.45. The van der Waals surface area contributed by atoms with Crippen LogP contribution in [0.4, 0.5) is 0 Å². The van der Waals surface area contributed by atoms with Gasteiger partial charge in [-0.1, -0.05) is 76.3 Å². The van der Waals surface area contributed by atoms with Gasteiger partial charge in [-0.2, -0.15) is 0 Å². The van der Waals surface area contributed by atoms with Gasteiger partial charge in [0.1, 0.15) is 0 Å². The molecule has 0 unspecified atom stereocenters. The van der Waals surface area contributed by atoms with Crippen molar-refractivity contribution in [2.75, 3.05) is 0 Å². The average molecular weight is 256 g/mol. The largest absolute Gasteiger partial charge is 0.0952 e. The molecule has 2 rings (SSSR count). The summed E-state index contributed by atoms with van der Waals surface area (Å²) < 4.78 is 0. The maximum absolute atomic E-state index is 4.21. The molecule has 0 aliphatic heterocycles. The van der Waals surface area contributed by atoms with E-state index in [-0.39, 0.29) is 0 Å². The first-order valence-corrected chi connectivity index (χ1v) is 8.06. The van der Waals surface area contributed by atoms with E-state index in [1.54, 1.807) is 0 Å². The van der Waals surface area contributed by atoms with E-state index < -0.39 is 0 Å². The minimum atomic E-state index is 0.983. The molecule has 0 heterocycles. The van der Waals surface area contributed by atoms with E-state index in [1.165, 1.54) is 68.1 Å². The number of benzene rings is 1. The molecule has 19 heavy (non-hydrogen) atoms. The van der Waals surface area contributed by atoms with Crippen LogP contribution in [0, 0.1) is 5.92 Å². The topological polar surface area (TPSA) is 0 Å². The molecule has 1 aliphatic carbocycles. The Hall–Kier alpha value is -1.04. The van der Waals surface area contributed by atoms with Gasteiger partial charge in [0.25, 0.3) is 0 Å². The Bertz CT molecular complexity index is 396. The Morgan fingerprint density at radius 3 is 2.74 bits per heavy atom. The fraction of sp³-hybridized carbons (Fsp3) is 0.579. The Labute approximate surface area is 118 Å². The molecule has 1 aromatic carbocycles. The summed E-state index contributed by atoms with van der Waals surface area (Å²) in [6.45, 7) is 6.43. The van der Waals surface area contributed by atoms with Crippen LogP contribution in [0.1, 0.15) is 69.4 Å². The highest BCUT2D eigenvalue weighted by molar-refractivity contribution is 5.63. The summed E-state index contributed by atoms with van der Waals surface area (Å²) >= 11 is 0. The molecule has 0 bridgehead atoms. The lowest BCUT2D eigenvalue weighted by atomic mass is 9.85. The maximum atomic E-state index is 4.21. The zero-order valence-electron chi connectivity index (χ0n) is 12.5. The number of aryl methyl sites for hydroxylation is 1. The average Bonchev–Trinajstić information content (AvgIpc) is 2.47. The van der Waals surface area contributed by atoms with Crippen molar-refractivity contribution in [1.82, 2.24) is 0 Å². The van der Waals surface area contributed by atoms with E-state index in [9.17, 15) is 0 Å². The summed E-state index contributed by atoms with van der Waals surface area (Å²) in [6.07, 6.45) is 12.2. The molecule has 0 saturated heterocycles. The van der Waals surface area contributed by atoms with Gasteiger partial charge in [-0.3, -0.25) is 0 Å². The molecule has 1 aliphatic rings. The molecular weight excluding hydrogens is 228 g/mol. The Morgan fingerprint density at radius 2 is 2.00 bits per heavy atom. The molecule has 0 amide bonds. The highest BCUT2D eigenvalue weighted by atomic mass is 14.2. The highest BCUT2D eigenvalue weighted by Crippen LogP contribution is 2.28. The molecule has 0 radical (unpaired) electrons. The molecule has 0 N–H and O–H groups in total. The minimum Gasteiger partial charge on any atom is -0.0952 e. The SMILES string of the molecule is C=C(CCC)c1cccc(CCC2CCCCC2)c1. The second kappa shape index (κ2) is 7.53. The van der Waals surface area contributed by atoms with Gasteiger partial charge in [0, 0.05) is 0 Å². The lowest BCUT2D eigenvalue weighted by Crippen LogP contribution is -2.07. The molecule has 1 aromatic rings. The molecule has 1 saturated carbocycles. The third-order valence-corrected chi connectivity index (χ3v) is 4.45. The van der Waals surface area contributed by atoms with Gasteiger partial charge in [-0.05, 0) is 41.9 Å². The molecule has 104 valence electrons. The first-order valence-electron chi connectivity index (χ1n) is 8.06. The van der Waals surface area contributed by atoms with Crippen LogP contribution < -0.4 is 0 Å². The second-order valence-electron chi connectivity index (χ2n) is 6.10. The van der Waals surface area contributed by atoms with E-state index in [4.69, 9.17) is 0 Å². The van der Waals surface area contributed by atoms with Gasteiger partial charge in [0.15, 0.2) is 0 Å². The second-order valence-corrected chi connectivity index (χ2v) is 6.10. The molecule has 0 atom stereocenters. The predicted molar refractivity (Wildman–Crippen MR) is 85.3 cm³/mol. The Kier molecular flexibility index (Phi) is 5.69. The van der Waals surface area contributed by atoms with Crippen molar-refractivity contribution in [2.24, 2.45) is 5.92 Å². The van der Waals surface area contributed by atoms with Crippen molar-refractivity contribution in [2.45, 2.75) is 64.7 Å². The van der Waals surface area contributed by atoms with Crippen LogP contribution in [0.2, 0.25) is 0 Å². The van der Waals surface area contributed by atoms with Crippen LogP contribution in [0.3, 0.4) is 0 Å². The summed E-state index contributed by atoms with van der Waals surface area (Å²) in [4.78, 5) is 0. The Morgan fingerprint density at radius 1 is 1.21 bits per heavy atom. The van der Waals surface area contributed by atoms with Gasteiger partial charge in [-0.15, -0.1) is 0 Å². The van der Waals surface area contributed by atoms with E-state index in [1.807, 2.05) is 0 Å². The van der Waals surface area contributed by atoms with E-state index in [0.717, 1.165) is 12.3 Å². The van der Waals surface area contributed by atoms with Crippen molar-refractivity contribution in [1.29, 1.82) is 0 Å². The molecule has 0 nitrogen and oxygen atoms in total.